The van der Waals surface area contributed by atoms with Gasteiger partial charge in [0.15, 0.2) is 5.69 Å². The minimum Gasteiger partial charge on any atom is -0.350 e. The van der Waals surface area contributed by atoms with Crippen LogP contribution < -0.4 is 5.32 Å². The van der Waals surface area contributed by atoms with Gasteiger partial charge in [0.1, 0.15) is 0 Å². The summed E-state index contributed by atoms with van der Waals surface area (Å²) in [4.78, 5) is 24.9. The number of carbonyl (C=O) groups excluding carboxylic acids is 2. The highest BCUT2D eigenvalue weighted by atomic mass is 16.2. The molecule has 0 saturated carbocycles. The lowest BCUT2D eigenvalue weighted by atomic mass is 9.97. The molecule has 0 atom stereocenters. The molecule has 104 valence electrons. The number of aryl methyl sites for hydroxylation is 1. The second kappa shape index (κ2) is 5.81. The van der Waals surface area contributed by atoms with Crippen LogP contribution in [-0.4, -0.2) is 51.8 Å². The van der Waals surface area contributed by atoms with Crippen LogP contribution in [0.15, 0.2) is 0 Å². The molecule has 19 heavy (non-hydrogen) atoms. The first-order valence-corrected chi connectivity index (χ1v) is 6.49. The monoisotopic (exact) mass is 265 g/mol. The average Bonchev–Trinajstić information content (AvgIpc) is 2.83. The molecule has 7 heteroatoms. The van der Waals surface area contributed by atoms with Crippen molar-refractivity contribution in [1.82, 2.24) is 25.6 Å². The molecule has 2 N–H and O–H groups in total. The van der Waals surface area contributed by atoms with Gasteiger partial charge in [-0.05, 0) is 25.7 Å². The van der Waals surface area contributed by atoms with E-state index >= 15 is 0 Å². The quantitative estimate of drug-likeness (QED) is 0.811. The summed E-state index contributed by atoms with van der Waals surface area (Å²) in [5, 5.41) is 12.9. The second-order valence-electron chi connectivity index (χ2n) is 4.92. The fourth-order valence-corrected chi connectivity index (χ4v) is 2.27. The summed E-state index contributed by atoms with van der Waals surface area (Å²) in [6.07, 6.45) is 1.86. The Bertz CT molecular complexity index is 462. The van der Waals surface area contributed by atoms with Crippen molar-refractivity contribution in [3.8, 4) is 0 Å². The van der Waals surface area contributed by atoms with E-state index in [0.29, 0.717) is 23.9 Å². The molecule has 1 aromatic rings. The SMILES string of the molecule is CC(=O)N1CCC(CNC(=O)c2n[nH]nc2C)CC1. The number of aromatic nitrogens is 3. The molecule has 0 spiro atoms. The number of hydrogen-bond acceptors (Lipinski definition) is 4. The van der Waals surface area contributed by atoms with E-state index in [0.717, 1.165) is 25.9 Å². The van der Waals surface area contributed by atoms with E-state index in [1.54, 1.807) is 13.8 Å². The van der Waals surface area contributed by atoms with Crippen molar-refractivity contribution in [2.75, 3.05) is 19.6 Å². The van der Waals surface area contributed by atoms with Crippen molar-refractivity contribution in [2.24, 2.45) is 5.92 Å². The van der Waals surface area contributed by atoms with Gasteiger partial charge in [-0.25, -0.2) is 0 Å². The van der Waals surface area contributed by atoms with Gasteiger partial charge in [0.25, 0.3) is 5.91 Å². The lowest BCUT2D eigenvalue weighted by Crippen LogP contribution is -2.40. The first-order valence-electron chi connectivity index (χ1n) is 6.49. The summed E-state index contributed by atoms with van der Waals surface area (Å²) < 4.78 is 0. The fourth-order valence-electron chi connectivity index (χ4n) is 2.27. The molecule has 2 amide bonds. The number of carbonyl (C=O) groups is 2. The molecule has 2 heterocycles. The standard InChI is InChI=1S/C12H19N5O2/c1-8-11(15-16-14-8)12(19)13-7-10-3-5-17(6-4-10)9(2)18/h10H,3-7H2,1-2H3,(H,13,19)(H,14,15,16). The van der Waals surface area contributed by atoms with Gasteiger partial charge in [0.05, 0.1) is 5.69 Å². The van der Waals surface area contributed by atoms with Crippen molar-refractivity contribution in [3.05, 3.63) is 11.4 Å². The number of likely N-dealkylation sites (tertiary alicyclic amines) is 1. The van der Waals surface area contributed by atoms with Gasteiger partial charge in [0.2, 0.25) is 5.91 Å². The number of hydrogen-bond donors (Lipinski definition) is 2. The van der Waals surface area contributed by atoms with Gasteiger partial charge in [0, 0.05) is 26.6 Å². The van der Waals surface area contributed by atoms with E-state index in [1.165, 1.54) is 0 Å². The first-order chi connectivity index (χ1) is 9.08. The Labute approximate surface area is 111 Å². The van der Waals surface area contributed by atoms with E-state index in [-0.39, 0.29) is 11.8 Å². The van der Waals surface area contributed by atoms with Crippen LogP contribution in [0.2, 0.25) is 0 Å². The summed E-state index contributed by atoms with van der Waals surface area (Å²) in [5.41, 5.74) is 0.949. The molecular formula is C12H19N5O2. The number of aromatic amines is 1. The van der Waals surface area contributed by atoms with Crippen LogP contribution in [0.3, 0.4) is 0 Å². The van der Waals surface area contributed by atoms with Crippen molar-refractivity contribution in [1.29, 1.82) is 0 Å². The number of nitrogens with one attached hydrogen (secondary N) is 2. The first kappa shape index (κ1) is 13.5. The Hall–Kier alpha value is -1.92. The van der Waals surface area contributed by atoms with E-state index in [2.05, 4.69) is 20.7 Å². The van der Waals surface area contributed by atoms with E-state index in [9.17, 15) is 9.59 Å². The average molecular weight is 265 g/mol. The minimum absolute atomic E-state index is 0.126. The topological polar surface area (TPSA) is 91.0 Å². The Morgan fingerprint density at radius 3 is 2.58 bits per heavy atom. The summed E-state index contributed by atoms with van der Waals surface area (Å²) in [6, 6.07) is 0. The van der Waals surface area contributed by atoms with Crippen molar-refractivity contribution >= 4 is 11.8 Å². The zero-order valence-corrected chi connectivity index (χ0v) is 11.3. The summed E-state index contributed by atoms with van der Waals surface area (Å²) >= 11 is 0. The summed E-state index contributed by atoms with van der Waals surface area (Å²) in [7, 11) is 0. The molecule has 0 bridgehead atoms. The molecule has 7 nitrogen and oxygen atoms in total. The normalized spacial score (nSPS) is 16.4. The third kappa shape index (κ3) is 3.30. The fraction of sp³-hybridized carbons (Fsp3) is 0.667. The van der Waals surface area contributed by atoms with Gasteiger partial charge in [-0.1, -0.05) is 0 Å². The minimum atomic E-state index is -0.194. The molecular weight excluding hydrogens is 246 g/mol. The number of amides is 2. The van der Waals surface area contributed by atoms with E-state index < -0.39 is 0 Å². The van der Waals surface area contributed by atoms with Crippen LogP contribution in [0.5, 0.6) is 0 Å². The maximum Gasteiger partial charge on any atom is 0.273 e. The van der Waals surface area contributed by atoms with E-state index in [4.69, 9.17) is 0 Å². The van der Waals surface area contributed by atoms with Crippen LogP contribution in [-0.2, 0) is 4.79 Å². The van der Waals surface area contributed by atoms with Crippen molar-refractivity contribution < 1.29 is 9.59 Å². The zero-order chi connectivity index (χ0) is 13.8. The smallest absolute Gasteiger partial charge is 0.273 e. The van der Waals surface area contributed by atoms with Crippen LogP contribution in [0.4, 0.5) is 0 Å². The van der Waals surface area contributed by atoms with Crippen LogP contribution >= 0.6 is 0 Å². The Morgan fingerprint density at radius 1 is 1.37 bits per heavy atom. The number of H-pyrrole nitrogens is 1. The maximum atomic E-state index is 11.8. The Kier molecular flexibility index (Phi) is 4.13. The highest BCUT2D eigenvalue weighted by molar-refractivity contribution is 5.93. The molecule has 2 rings (SSSR count). The van der Waals surface area contributed by atoms with Gasteiger partial charge in [-0.2, -0.15) is 15.4 Å². The van der Waals surface area contributed by atoms with Gasteiger partial charge < -0.3 is 10.2 Å². The molecule has 0 unspecified atom stereocenters. The zero-order valence-electron chi connectivity index (χ0n) is 11.3. The molecule has 0 aliphatic carbocycles. The summed E-state index contributed by atoms with van der Waals surface area (Å²) in [5.74, 6) is 0.354. The highest BCUT2D eigenvalue weighted by Gasteiger charge is 2.22. The molecule has 0 radical (unpaired) electrons. The lowest BCUT2D eigenvalue weighted by Gasteiger charge is -2.31. The van der Waals surface area contributed by atoms with Gasteiger partial charge >= 0.3 is 0 Å². The van der Waals surface area contributed by atoms with Crippen LogP contribution in [0, 0.1) is 12.8 Å². The second-order valence-corrected chi connectivity index (χ2v) is 4.92. The predicted octanol–water partition coefficient (Wildman–Crippen LogP) is 0.101. The predicted molar refractivity (Wildman–Crippen MR) is 68.4 cm³/mol. The molecule has 1 aliphatic rings. The Balaban J connectivity index is 1.77. The van der Waals surface area contributed by atoms with Crippen molar-refractivity contribution in [2.45, 2.75) is 26.7 Å². The third-order valence-electron chi connectivity index (χ3n) is 3.55. The maximum absolute atomic E-state index is 11.8. The van der Waals surface area contributed by atoms with Crippen LogP contribution in [0.1, 0.15) is 35.9 Å². The molecule has 1 fully saturated rings. The number of piperidine rings is 1. The highest BCUT2D eigenvalue weighted by Crippen LogP contribution is 2.16. The van der Waals surface area contributed by atoms with Gasteiger partial charge in [-0.15, -0.1) is 0 Å². The lowest BCUT2D eigenvalue weighted by molar-refractivity contribution is -0.130. The molecule has 1 aliphatic heterocycles. The Morgan fingerprint density at radius 2 is 2.05 bits per heavy atom. The number of rotatable bonds is 3. The summed E-state index contributed by atoms with van der Waals surface area (Å²) in [6.45, 7) is 5.51. The van der Waals surface area contributed by atoms with Crippen molar-refractivity contribution in [3.63, 3.8) is 0 Å². The van der Waals surface area contributed by atoms with Gasteiger partial charge in [-0.3, -0.25) is 9.59 Å². The molecule has 1 aromatic heterocycles. The third-order valence-corrected chi connectivity index (χ3v) is 3.55. The largest absolute Gasteiger partial charge is 0.350 e. The van der Waals surface area contributed by atoms with Crippen LogP contribution in [0.25, 0.3) is 0 Å². The number of nitrogens with zero attached hydrogens (tertiary/aromatic N) is 3. The van der Waals surface area contributed by atoms with E-state index in [1.807, 2.05) is 4.90 Å². The molecule has 1 saturated heterocycles. The molecule has 0 aromatic carbocycles.